The van der Waals surface area contributed by atoms with Crippen LogP contribution in [0.2, 0.25) is 0 Å². The van der Waals surface area contributed by atoms with E-state index in [2.05, 4.69) is 9.97 Å². The van der Waals surface area contributed by atoms with Gasteiger partial charge in [-0.3, -0.25) is 14.5 Å². The molecule has 4 atom stereocenters. The molecule has 8 nitrogen and oxygen atoms in total. The summed E-state index contributed by atoms with van der Waals surface area (Å²) in [6.45, 7) is 10.1. The second-order valence-corrected chi connectivity index (χ2v) is 15.6. The minimum absolute atomic E-state index is 0.111. The zero-order chi connectivity index (χ0) is 30.8. The van der Waals surface area contributed by atoms with Crippen molar-refractivity contribution >= 4 is 33.7 Å². The Balaban J connectivity index is 1.49. The Bertz CT molecular complexity index is 1590. The van der Waals surface area contributed by atoms with Gasteiger partial charge in [0, 0.05) is 47.7 Å². The van der Waals surface area contributed by atoms with Gasteiger partial charge in [0.15, 0.2) is 0 Å². The van der Waals surface area contributed by atoms with Crippen LogP contribution >= 0.6 is 10.9 Å². The van der Waals surface area contributed by atoms with E-state index in [0.29, 0.717) is 46.4 Å². The molecule has 43 heavy (non-hydrogen) atoms. The number of thiol groups is 1. The SMILES string of the molecule is C[C@@H]1CN(c2nc(=O)n3c4c(cc(C(F)(F)F)cc24)[SH](C2CC2)C[C@@H](c2ccccn2)C3)C[C@H](C)N1C(=O)OC(C)(C)C. The lowest BCUT2D eigenvalue weighted by molar-refractivity contribution is -0.137. The summed E-state index contributed by atoms with van der Waals surface area (Å²) in [5.74, 6) is 0.806. The van der Waals surface area contributed by atoms with Crippen molar-refractivity contribution in [2.45, 2.75) is 93.9 Å². The van der Waals surface area contributed by atoms with Crippen molar-refractivity contribution in [1.29, 1.82) is 0 Å². The molecule has 0 radical (unpaired) electrons. The van der Waals surface area contributed by atoms with Gasteiger partial charge in [0.2, 0.25) is 0 Å². The molecule has 1 aromatic carbocycles. The number of carbonyl (C=O) groups is 1. The molecule has 12 heteroatoms. The highest BCUT2D eigenvalue weighted by molar-refractivity contribution is 8.18. The topological polar surface area (TPSA) is 80.6 Å². The van der Waals surface area contributed by atoms with Crippen molar-refractivity contribution in [3.8, 4) is 0 Å². The van der Waals surface area contributed by atoms with Crippen molar-refractivity contribution in [1.82, 2.24) is 19.4 Å². The smallest absolute Gasteiger partial charge is 0.416 e. The maximum absolute atomic E-state index is 14.4. The molecule has 4 heterocycles. The lowest BCUT2D eigenvalue weighted by Crippen LogP contribution is -2.59. The molecule has 1 amide bonds. The largest absolute Gasteiger partial charge is 0.444 e. The zero-order valence-electron chi connectivity index (χ0n) is 25.1. The van der Waals surface area contributed by atoms with Crippen molar-refractivity contribution in [3.05, 3.63) is 58.3 Å². The van der Waals surface area contributed by atoms with E-state index in [9.17, 15) is 22.8 Å². The molecule has 0 bridgehead atoms. The summed E-state index contributed by atoms with van der Waals surface area (Å²) < 4.78 is 50.5. The summed E-state index contributed by atoms with van der Waals surface area (Å²) in [5, 5.41) is 0.660. The fourth-order valence-corrected chi connectivity index (χ4v) is 9.75. The molecule has 1 aliphatic carbocycles. The van der Waals surface area contributed by atoms with Crippen LogP contribution in [0.15, 0.2) is 46.2 Å². The molecule has 2 aliphatic heterocycles. The average molecular weight is 618 g/mol. The quantitative estimate of drug-likeness (QED) is 0.365. The van der Waals surface area contributed by atoms with Gasteiger partial charge < -0.3 is 9.64 Å². The number of hydrogen-bond acceptors (Lipinski definition) is 6. The Morgan fingerprint density at radius 1 is 1.05 bits per heavy atom. The Labute approximate surface area is 251 Å². The highest BCUT2D eigenvalue weighted by atomic mass is 32.2. The summed E-state index contributed by atoms with van der Waals surface area (Å²) >= 11 is 0. The van der Waals surface area contributed by atoms with Crippen molar-refractivity contribution in [3.63, 3.8) is 0 Å². The van der Waals surface area contributed by atoms with Crippen LogP contribution in [0.5, 0.6) is 0 Å². The molecule has 1 saturated heterocycles. The van der Waals surface area contributed by atoms with Crippen LogP contribution in [-0.4, -0.2) is 67.3 Å². The van der Waals surface area contributed by atoms with E-state index < -0.39 is 40.0 Å². The van der Waals surface area contributed by atoms with Gasteiger partial charge in [-0.1, -0.05) is 6.07 Å². The van der Waals surface area contributed by atoms with Crippen LogP contribution in [0.4, 0.5) is 23.8 Å². The standard InChI is InChI=1S/C31H38F3N5O3S/c1-18-14-37(15-19(2)39(18)29(41)42-30(3,4)5)27-23-12-21(31(32,33)34)13-25-26(23)38(28(40)36-27)16-20(17-43(25)22-9-10-22)24-8-6-7-11-35-24/h6-8,11-13,18-20,22,43H,9-10,14-17H2,1-5H3/t18-,19+,20-/m0/s1. The molecule has 6 rings (SSSR count). The van der Waals surface area contributed by atoms with Crippen LogP contribution in [0.25, 0.3) is 10.9 Å². The normalized spacial score (nSPS) is 25.5. The van der Waals surface area contributed by atoms with Crippen molar-refractivity contribution in [2.24, 2.45) is 0 Å². The van der Waals surface area contributed by atoms with Crippen LogP contribution in [0.1, 0.15) is 64.6 Å². The molecule has 0 N–H and O–H groups in total. The fraction of sp³-hybridized carbons (Fsp3) is 0.548. The highest BCUT2D eigenvalue weighted by Crippen LogP contribution is 2.58. The number of hydrogen-bond donors (Lipinski definition) is 1. The number of ether oxygens (including phenoxy) is 1. The number of piperazine rings is 1. The van der Waals surface area contributed by atoms with Gasteiger partial charge in [-0.05, 0) is 82.7 Å². The number of alkyl halides is 3. The minimum atomic E-state index is -4.56. The monoisotopic (exact) mass is 617 g/mol. The van der Waals surface area contributed by atoms with E-state index >= 15 is 0 Å². The molecular weight excluding hydrogens is 579 g/mol. The van der Waals surface area contributed by atoms with Gasteiger partial charge in [-0.25, -0.2) is 20.5 Å². The second-order valence-electron chi connectivity index (χ2n) is 13.0. The van der Waals surface area contributed by atoms with Crippen molar-refractivity contribution < 1.29 is 22.7 Å². The van der Waals surface area contributed by atoms with Gasteiger partial charge in [0.1, 0.15) is 11.4 Å². The van der Waals surface area contributed by atoms with Crippen LogP contribution < -0.4 is 10.6 Å². The van der Waals surface area contributed by atoms with E-state index in [1.807, 2.05) is 36.9 Å². The summed E-state index contributed by atoms with van der Waals surface area (Å²) in [5.41, 5.74) is -0.466. The summed E-state index contributed by atoms with van der Waals surface area (Å²) in [7, 11) is -0.982. The van der Waals surface area contributed by atoms with E-state index in [0.717, 1.165) is 24.6 Å². The molecule has 232 valence electrons. The average Bonchev–Trinajstić information content (AvgIpc) is 3.76. The fourth-order valence-electron chi connectivity index (χ4n) is 6.49. The third-order valence-electron chi connectivity index (χ3n) is 8.41. The predicted molar refractivity (Wildman–Crippen MR) is 162 cm³/mol. The number of anilines is 1. The van der Waals surface area contributed by atoms with Gasteiger partial charge in [0.25, 0.3) is 0 Å². The Kier molecular flexibility index (Phi) is 7.42. The number of benzene rings is 1. The van der Waals surface area contributed by atoms with Crippen LogP contribution in [0, 0.1) is 0 Å². The number of amides is 1. The number of aromatic nitrogens is 3. The summed E-state index contributed by atoms with van der Waals surface area (Å²) in [6.07, 6.45) is -1.34. The Hall–Kier alpha value is -3.28. The first-order valence-corrected chi connectivity index (χ1v) is 16.4. The molecular formula is C31H38F3N5O3S. The van der Waals surface area contributed by atoms with Crippen molar-refractivity contribution in [2.75, 3.05) is 23.7 Å². The highest BCUT2D eigenvalue weighted by Gasteiger charge is 2.41. The molecule has 2 fully saturated rings. The molecule has 1 unspecified atom stereocenters. The lowest BCUT2D eigenvalue weighted by atomic mass is 10.0. The zero-order valence-corrected chi connectivity index (χ0v) is 26.0. The first kappa shape index (κ1) is 29.8. The third-order valence-corrected chi connectivity index (χ3v) is 11.6. The first-order valence-electron chi connectivity index (χ1n) is 14.8. The molecule has 1 saturated carbocycles. The maximum atomic E-state index is 14.4. The summed E-state index contributed by atoms with van der Waals surface area (Å²) in [4.78, 5) is 40.0. The number of carbonyl (C=O) groups excluding carboxylic acids is 1. The predicted octanol–water partition coefficient (Wildman–Crippen LogP) is 5.96. The molecule has 2 aromatic heterocycles. The van der Waals surface area contributed by atoms with E-state index in [1.165, 1.54) is 6.07 Å². The van der Waals surface area contributed by atoms with Gasteiger partial charge in [-0.2, -0.15) is 18.2 Å². The van der Waals surface area contributed by atoms with Gasteiger partial charge in [0.05, 0.1) is 23.2 Å². The van der Waals surface area contributed by atoms with E-state index in [-0.39, 0.29) is 23.8 Å². The molecule has 0 spiro atoms. The van der Waals surface area contributed by atoms with E-state index in [4.69, 9.17) is 4.74 Å². The first-order chi connectivity index (χ1) is 20.2. The van der Waals surface area contributed by atoms with Crippen LogP contribution in [0.3, 0.4) is 0 Å². The summed E-state index contributed by atoms with van der Waals surface area (Å²) in [6, 6.07) is 7.47. The molecule has 3 aliphatic rings. The number of pyridine rings is 1. The third kappa shape index (κ3) is 5.82. The minimum Gasteiger partial charge on any atom is -0.444 e. The van der Waals surface area contributed by atoms with Gasteiger partial charge in [-0.15, -0.1) is 0 Å². The lowest BCUT2D eigenvalue weighted by Gasteiger charge is -2.45. The second kappa shape index (κ2) is 10.7. The Morgan fingerprint density at radius 3 is 2.33 bits per heavy atom. The number of rotatable bonds is 3. The van der Waals surface area contributed by atoms with E-state index in [1.54, 1.807) is 36.4 Å². The van der Waals surface area contributed by atoms with Crippen LogP contribution in [-0.2, 0) is 17.5 Å². The van der Waals surface area contributed by atoms with Gasteiger partial charge >= 0.3 is 18.0 Å². The Morgan fingerprint density at radius 2 is 1.74 bits per heavy atom. The number of halogens is 3. The number of nitrogens with zero attached hydrogens (tertiary/aromatic N) is 5. The molecule has 3 aromatic rings. The maximum Gasteiger partial charge on any atom is 0.416 e.